The zero-order valence-electron chi connectivity index (χ0n) is 13.1. The topological polar surface area (TPSA) is 54.5 Å². The van der Waals surface area contributed by atoms with E-state index in [0.717, 1.165) is 6.54 Å². The molecule has 0 aromatic rings. The lowest BCUT2D eigenvalue weighted by molar-refractivity contribution is -0.133. The number of nitrogens with zero attached hydrogens (tertiary/aromatic N) is 1. The van der Waals surface area contributed by atoms with Gasteiger partial charge in [0.1, 0.15) is 9.84 Å². The van der Waals surface area contributed by atoms with Crippen LogP contribution in [0.2, 0.25) is 0 Å². The van der Waals surface area contributed by atoms with Crippen LogP contribution in [0.25, 0.3) is 0 Å². The summed E-state index contributed by atoms with van der Waals surface area (Å²) in [7, 11) is -1.29. The van der Waals surface area contributed by atoms with Crippen LogP contribution in [-0.4, -0.2) is 44.8 Å². The lowest BCUT2D eigenvalue weighted by Gasteiger charge is -2.27. The minimum absolute atomic E-state index is 0.0440. The van der Waals surface area contributed by atoms with E-state index in [9.17, 15) is 13.2 Å². The molecule has 1 fully saturated rings. The van der Waals surface area contributed by atoms with Gasteiger partial charge in [0.2, 0.25) is 5.91 Å². The van der Waals surface area contributed by atoms with Crippen molar-refractivity contribution in [2.75, 3.05) is 25.6 Å². The third-order valence-corrected chi connectivity index (χ3v) is 5.21. The molecule has 5 heteroatoms. The summed E-state index contributed by atoms with van der Waals surface area (Å²) < 4.78 is 22.5. The molecule has 1 aliphatic rings. The molecule has 118 valence electrons. The number of sulfone groups is 1. The Morgan fingerprint density at radius 1 is 1.15 bits per heavy atom. The molecule has 0 aromatic heterocycles. The highest BCUT2D eigenvalue weighted by Gasteiger charge is 2.23. The molecule has 0 bridgehead atoms. The van der Waals surface area contributed by atoms with Crippen molar-refractivity contribution in [3.8, 4) is 0 Å². The molecular formula is C15H29NO3S. The number of amides is 1. The van der Waals surface area contributed by atoms with Gasteiger partial charge in [-0.2, -0.15) is 0 Å². The van der Waals surface area contributed by atoms with Crippen molar-refractivity contribution in [1.29, 1.82) is 0 Å². The Labute approximate surface area is 123 Å². The fourth-order valence-electron chi connectivity index (χ4n) is 3.10. The maximum atomic E-state index is 12.2. The maximum Gasteiger partial charge on any atom is 0.226 e. The van der Waals surface area contributed by atoms with Crippen LogP contribution in [0, 0.1) is 11.8 Å². The lowest BCUT2D eigenvalue weighted by atomic mass is 9.90. The summed E-state index contributed by atoms with van der Waals surface area (Å²) in [5.74, 6) is 0.0385. The summed E-state index contributed by atoms with van der Waals surface area (Å²) in [5.41, 5.74) is 0. The van der Waals surface area contributed by atoms with Crippen LogP contribution >= 0.6 is 0 Å². The molecule has 0 spiro atoms. The van der Waals surface area contributed by atoms with Crippen LogP contribution in [0.15, 0.2) is 0 Å². The molecule has 0 saturated heterocycles. The molecule has 1 rings (SSSR count). The first kappa shape index (κ1) is 17.5. The Morgan fingerprint density at radius 2 is 1.65 bits per heavy atom. The van der Waals surface area contributed by atoms with Crippen LogP contribution in [0.4, 0.5) is 0 Å². The van der Waals surface area contributed by atoms with Crippen molar-refractivity contribution < 1.29 is 13.2 Å². The molecule has 1 amide bonds. The van der Waals surface area contributed by atoms with Crippen molar-refractivity contribution in [2.24, 2.45) is 11.8 Å². The third-order valence-electron chi connectivity index (χ3n) is 4.11. The Balaban J connectivity index is 2.47. The molecule has 0 unspecified atom stereocenters. The summed E-state index contributed by atoms with van der Waals surface area (Å²) >= 11 is 0. The van der Waals surface area contributed by atoms with Crippen molar-refractivity contribution in [3.05, 3.63) is 0 Å². The first-order chi connectivity index (χ1) is 9.29. The Kier molecular flexibility index (Phi) is 7.00. The summed E-state index contributed by atoms with van der Waals surface area (Å²) in [6, 6.07) is 0. The van der Waals surface area contributed by atoms with Crippen LogP contribution in [0.3, 0.4) is 0 Å². The van der Waals surface area contributed by atoms with E-state index < -0.39 is 15.8 Å². The molecule has 0 heterocycles. The average Bonchev–Trinajstić information content (AvgIpc) is 2.29. The van der Waals surface area contributed by atoms with Gasteiger partial charge in [-0.05, 0) is 18.8 Å². The molecular weight excluding hydrogens is 274 g/mol. The van der Waals surface area contributed by atoms with E-state index in [1.807, 2.05) is 0 Å². The zero-order valence-corrected chi connectivity index (χ0v) is 13.9. The second-order valence-electron chi connectivity index (χ2n) is 6.42. The number of rotatable bonds is 5. The maximum absolute atomic E-state index is 12.2. The van der Waals surface area contributed by atoms with Gasteiger partial charge in [-0.25, -0.2) is 8.42 Å². The Morgan fingerprint density at radius 3 is 2.15 bits per heavy atom. The predicted molar refractivity (Wildman–Crippen MR) is 82.3 cm³/mol. The fourth-order valence-corrected chi connectivity index (χ4v) is 4.15. The van der Waals surface area contributed by atoms with E-state index in [1.54, 1.807) is 18.9 Å². The van der Waals surface area contributed by atoms with Gasteiger partial charge in [0.15, 0.2) is 0 Å². The molecule has 0 aliphatic heterocycles. The van der Waals surface area contributed by atoms with Gasteiger partial charge >= 0.3 is 0 Å². The Bertz CT molecular complexity index is 397. The van der Waals surface area contributed by atoms with Gasteiger partial charge in [0.05, 0.1) is 5.75 Å². The van der Waals surface area contributed by atoms with E-state index in [0.29, 0.717) is 5.92 Å². The fraction of sp³-hybridized carbons (Fsp3) is 0.933. The van der Waals surface area contributed by atoms with Crippen molar-refractivity contribution in [3.63, 3.8) is 0 Å². The van der Waals surface area contributed by atoms with E-state index in [-0.39, 0.29) is 11.7 Å². The quantitative estimate of drug-likeness (QED) is 0.784. The monoisotopic (exact) mass is 303 g/mol. The largest absolute Gasteiger partial charge is 0.345 e. The average molecular weight is 303 g/mol. The van der Waals surface area contributed by atoms with Crippen LogP contribution < -0.4 is 0 Å². The SMILES string of the molecule is C[C@H](CS(C)(=O)=O)C(=O)N(C)CC1CCCCCCC1. The summed E-state index contributed by atoms with van der Waals surface area (Å²) in [6.07, 6.45) is 10.0. The second-order valence-corrected chi connectivity index (χ2v) is 8.61. The van der Waals surface area contributed by atoms with Crippen LogP contribution in [0.1, 0.15) is 51.9 Å². The van der Waals surface area contributed by atoms with Gasteiger partial charge in [0.25, 0.3) is 0 Å². The van der Waals surface area contributed by atoms with Gasteiger partial charge in [-0.15, -0.1) is 0 Å². The first-order valence-electron chi connectivity index (χ1n) is 7.72. The van der Waals surface area contributed by atoms with Gasteiger partial charge in [-0.3, -0.25) is 4.79 Å². The molecule has 1 saturated carbocycles. The van der Waals surface area contributed by atoms with Gasteiger partial charge in [0, 0.05) is 25.8 Å². The van der Waals surface area contributed by atoms with Gasteiger partial charge in [-0.1, -0.05) is 39.0 Å². The van der Waals surface area contributed by atoms with E-state index >= 15 is 0 Å². The summed E-state index contributed by atoms with van der Waals surface area (Å²) in [5, 5.41) is 0. The number of carbonyl (C=O) groups is 1. The zero-order chi connectivity index (χ0) is 15.2. The molecule has 1 atom stereocenters. The van der Waals surface area contributed by atoms with E-state index in [4.69, 9.17) is 0 Å². The lowest BCUT2D eigenvalue weighted by Crippen LogP contribution is -2.37. The summed E-state index contributed by atoms with van der Waals surface area (Å²) in [4.78, 5) is 13.9. The molecule has 1 aliphatic carbocycles. The molecule has 0 N–H and O–H groups in total. The molecule has 20 heavy (non-hydrogen) atoms. The van der Waals surface area contributed by atoms with E-state index in [1.165, 1.54) is 51.2 Å². The number of carbonyl (C=O) groups excluding carboxylic acids is 1. The van der Waals surface area contributed by atoms with Crippen LogP contribution in [-0.2, 0) is 14.6 Å². The number of hydrogen-bond acceptors (Lipinski definition) is 3. The van der Waals surface area contributed by atoms with E-state index in [2.05, 4.69) is 0 Å². The summed E-state index contributed by atoms with van der Waals surface area (Å²) in [6.45, 7) is 2.48. The normalized spacial score (nSPS) is 19.9. The molecule has 0 radical (unpaired) electrons. The minimum atomic E-state index is -3.09. The minimum Gasteiger partial charge on any atom is -0.345 e. The predicted octanol–water partition coefficient (Wildman–Crippen LogP) is 2.49. The highest BCUT2D eigenvalue weighted by molar-refractivity contribution is 7.90. The molecule has 4 nitrogen and oxygen atoms in total. The first-order valence-corrected chi connectivity index (χ1v) is 9.78. The molecule has 0 aromatic carbocycles. The van der Waals surface area contributed by atoms with Crippen molar-refractivity contribution >= 4 is 15.7 Å². The smallest absolute Gasteiger partial charge is 0.226 e. The standard InChI is InChI=1S/C15H29NO3S/c1-13(12-20(3,18)19)15(17)16(2)11-14-9-7-5-4-6-8-10-14/h13-14H,4-12H2,1-3H3/t13-/m1/s1. The van der Waals surface area contributed by atoms with Crippen molar-refractivity contribution in [1.82, 2.24) is 4.90 Å². The highest BCUT2D eigenvalue weighted by Crippen LogP contribution is 2.23. The Hall–Kier alpha value is -0.580. The van der Waals surface area contributed by atoms with Crippen LogP contribution in [0.5, 0.6) is 0 Å². The van der Waals surface area contributed by atoms with Crippen molar-refractivity contribution in [2.45, 2.75) is 51.9 Å². The highest BCUT2D eigenvalue weighted by atomic mass is 32.2. The number of hydrogen-bond donors (Lipinski definition) is 0. The van der Waals surface area contributed by atoms with Gasteiger partial charge < -0.3 is 4.90 Å². The third kappa shape index (κ3) is 6.73. The second kappa shape index (κ2) is 8.01.